The van der Waals surface area contributed by atoms with Crippen LogP contribution in [-0.2, 0) is 4.79 Å². The summed E-state index contributed by atoms with van der Waals surface area (Å²) in [4.78, 5) is 24.7. The SMILES string of the molecule is CC(=O)c1ccc(N(C(C)=O)c2ccccc2)cc1. The number of benzene rings is 2. The lowest BCUT2D eigenvalue weighted by Crippen LogP contribution is -2.22. The monoisotopic (exact) mass is 253 g/mol. The highest BCUT2D eigenvalue weighted by atomic mass is 16.2. The van der Waals surface area contributed by atoms with Gasteiger partial charge in [0, 0.05) is 23.9 Å². The van der Waals surface area contributed by atoms with E-state index in [-0.39, 0.29) is 11.7 Å². The van der Waals surface area contributed by atoms with Crippen LogP contribution < -0.4 is 4.90 Å². The molecule has 2 aromatic rings. The maximum Gasteiger partial charge on any atom is 0.228 e. The number of hydrogen-bond acceptors (Lipinski definition) is 2. The van der Waals surface area contributed by atoms with Crippen LogP contribution in [0.4, 0.5) is 11.4 Å². The van der Waals surface area contributed by atoms with Gasteiger partial charge in [0.15, 0.2) is 5.78 Å². The Bertz CT molecular complexity index is 588. The van der Waals surface area contributed by atoms with Crippen LogP contribution in [-0.4, -0.2) is 11.7 Å². The van der Waals surface area contributed by atoms with E-state index >= 15 is 0 Å². The number of hydrogen-bond donors (Lipinski definition) is 0. The van der Waals surface area contributed by atoms with E-state index in [9.17, 15) is 9.59 Å². The second-order valence-corrected chi connectivity index (χ2v) is 4.29. The first-order valence-corrected chi connectivity index (χ1v) is 6.06. The van der Waals surface area contributed by atoms with Gasteiger partial charge >= 0.3 is 0 Å². The second kappa shape index (κ2) is 5.48. The third-order valence-corrected chi connectivity index (χ3v) is 2.86. The molecule has 0 radical (unpaired) electrons. The maximum absolute atomic E-state index is 11.8. The van der Waals surface area contributed by atoms with E-state index in [1.165, 1.54) is 13.8 Å². The Labute approximate surface area is 112 Å². The number of nitrogens with zero attached hydrogens (tertiary/aromatic N) is 1. The van der Waals surface area contributed by atoms with Gasteiger partial charge in [-0.2, -0.15) is 0 Å². The van der Waals surface area contributed by atoms with Crippen LogP contribution in [0.2, 0.25) is 0 Å². The zero-order valence-corrected chi connectivity index (χ0v) is 11.0. The van der Waals surface area contributed by atoms with Crippen LogP contribution in [0, 0.1) is 0 Å². The third kappa shape index (κ3) is 2.88. The van der Waals surface area contributed by atoms with E-state index in [0.29, 0.717) is 5.56 Å². The number of anilines is 2. The summed E-state index contributed by atoms with van der Waals surface area (Å²) in [5.41, 5.74) is 2.20. The number of Topliss-reactive ketones (excluding diaryl/α,β-unsaturated/α-hetero) is 1. The summed E-state index contributed by atoms with van der Waals surface area (Å²) in [6.07, 6.45) is 0. The van der Waals surface area contributed by atoms with Crippen molar-refractivity contribution in [3.05, 3.63) is 60.2 Å². The summed E-state index contributed by atoms with van der Waals surface area (Å²) < 4.78 is 0. The van der Waals surface area contributed by atoms with Crippen LogP contribution in [0.25, 0.3) is 0 Å². The molecule has 0 unspecified atom stereocenters. The molecule has 1 amide bonds. The fourth-order valence-corrected chi connectivity index (χ4v) is 1.93. The van der Waals surface area contributed by atoms with Gasteiger partial charge in [-0.25, -0.2) is 0 Å². The van der Waals surface area contributed by atoms with Gasteiger partial charge < -0.3 is 0 Å². The first-order valence-electron chi connectivity index (χ1n) is 6.06. The third-order valence-electron chi connectivity index (χ3n) is 2.86. The van der Waals surface area contributed by atoms with Crippen molar-refractivity contribution < 1.29 is 9.59 Å². The summed E-state index contributed by atoms with van der Waals surface area (Å²) in [6.45, 7) is 3.04. The Morgan fingerprint density at radius 3 is 1.79 bits per heavy atom. The van der Waals surface area contributed by atoms with Gasteiger partial charge in [-0.3, -0.25) is 14.5 Å². The molecule has 0 aromatic heterocycles. The average Bonchev–Trinajstić information content (AvgIpc) is 2.40. The van der Waals surface area contributed by atoms with E-state index in [1.807, 2.05) is 30.3 Å². The number of amides is 1. The van der Waals surface area contributed by atoms with Gasteiger partial charge in [-0.05, 0) is 43.3 Å². The van der Waals surface area contributed by atoms with Crippen molar-refractivity contribution in [3.63, 3.8) is 0 Å². The topological polar surface area (TPSA) is 37.4 Å². The predicted molar refractivity (Wildman–Crippen MR) is 75.7 cm³/mol. The van der Waals surface area contributed by atoms with E-state index in [1.54, 1.807) is 29.2 Å². The van der Waals surface area contributed by atoms with Gasteiger partial charge in [0.1, 0.15) is 0 Å². The van der Waals surface area contributed by atoms with Crippen molar-refractivity contribution in [1.29, 1.82) is 0 Å². The standard InChI is InChI=1S/C16H15NO2/c1-12(18)14-8-10-16(11-9-14)17(13(2)19)15-6-4-3-5-7-15/h3-11H,1-2H3. The normalized spacial score (nSPS) is 10.0. The number of carbonyl (C=O) groups is 2. The van der Waals surface area contributed by atoms with Crippen molar-refractivity contribution in [2.75, 3.05) is 4.90 Å². The molecule has 0 aliphatic rings. The van der Waals surface area contributed by atoms with E-state index in [0.717, 1.165) is 11.4 Å². The number of ketones is 1. The molecule has 96 valence electrons. The lowest BCUT2D eigenvalue weighted by molar-refractivity contribution is -0.115. The summed E-state index contributed by atoms with van der Waals surface area (Å²) in [5, 5.41) is 0. The summed E-state index contributed by atoms with van der Waals surface area (Å²) in [5.74, 6) is -0.0533. The van der Waals surface area contributed by atoms with Crippen LogP contribution in [0.3, 0.4) is 0 Å². The first-order chi connectivity index (χ1) is 9.09. The molecule has 0 saturated heterocycles. The van der Waals surface area contributed by atoms with Gasteiger partial charge in [0.2, 0.25) is 5.91 Å². The molecule has 0 bridgehead atoms. The molecule has 19 heavy (non-hydrogen) atoms. The molecule has 0 saturated carbocycles. The lowest BCUT2D eigenvalue weighted by Gasteiger charge is -2.21. The lowest BCUT2D eigenvalue weighted by atomic mass is 10.1. The van der Waals surface area contributed by atoms with Crippen molar-refractivity contribution in [2.45, 2.75) is 13.8 Å². The van der Waals surface area contributed by atoms with E-state index < -0.39 is 0 Å². The highest BCUT2D eigenvalue weighted by Gasteiger charge is 2.13. The number of para-hydroxylation sites is 1. The second-order valence-electron chi connectivity index (χ2n) is 4.29. The summed E-state index contributed by atoms with van der Waals surface area (Å²) in [7, 11) is 0. The molecule has 0 N–H and O–H groups in total. The summed E-state index contributed by atoms with van der Waals surface area (Å²) in [6, 6.07) is 16.5. The first kappa shape index (κ1) is 13.0. The largest absolute Gasteiger partial charge is 0.295 e. The highest BCUT2D eigenvalue weighted by Crippen LogP contribution is 2.25. The highest BCUT2D eigenvalue weighted by molar-refractivity contribution is 6.00. The number of carbonyl (C=O) groups excluding carboxylic acids is 2. The molecule has 0 spiro atoms. The molecule has 0 aliphatic carbocycles. The van der Waals surface area contributed by atoms with Gasteiger partial charge in [-0.15, -0.1) is 0 Å². The van der Waals surface area contributed by atoms with Crippen molar-refractivity contribution in [3.8, 4) is 0 Å². The van der Waals surface area contributed by atoms with Crippen molar-refractivity contribution >= 4 is 23.1 Å². The Kier molecular flexibility index (Phi) is 3.76. The molecule has 0 heterocycles. The minimum absolute atomic E-state index is 0.0145. The van der Waals surface area contributed by atoms with Crippen LogP contribution in [0.5, 0.6) is 0 Å². The Balaban J connectivity index is 2.40. The van der Waals surface area contributed by atoms with Gasteiger partial charge in [0.05, 0.1) is 0 Å². The van der Waals surface area contributed by atoms with Crippen LogP contribution >= 0.6 is 0 Å². The van der Waals surface area contributed by atoms with Gasteiger partial charge in [0.25, 0.3) is 0 Å². The zero-order valence-electron chi connectivity index (χ0n) is 11.0. The Morgan fingerprint density at radius 1 is 0.789 bits per heavy atom. The molecule has 3 heteroatoms. The minimum atomic E-state index is -0.0678. The molecule has 3 nitrogen and oxygen atoms in total. The van der Waals surface area contributed by atoms with Crippen molar-refractivity contribution in [2.24, 2.45) is 0 Å². The summed E-state index contributed by atoms with van der Waals surface area (Å²) >= 11 is 0. The predicted octanol–water partition coefficient (Wildman–Crippen LogP) is 3.57. The Morgan fingerprint density at radius 2 is 1.32 bits per heavy atom. The van der Waals surface area contributed by atoms with E-state index in [2.05, 4.69) is 0 Å². The average molecular weight is 253 g/mol. The molecule has 2 rings (SSSR count). The van der Waals surface area contributed by atoms with Gasteiger partial charge in [-0.1, -0.05) is 18.2 Å². The quantitative estimate of drug-likeness (QED) is 0.784. The number of rotatable bonds is 3. The minimum Gasteiger partial charge on any atom is -0.295 e. The molecule has 0 aliphatic heterocycles. The Hall–Kier alpha value is -2.42. The molecule has 2 aromatic carbocycles. The molecular formula is C16H15NO2. The molecule has 0 atom stereocenters. The zero-order chi connectivity index (χ0) is 13.8. The van der Waals surface area contributed by atoms with Crippen LogP contribution in [0.15, 0.2) is 54.6 Å². The fourth-order valence-electron chi connectivity index (χ4n) is 1.93. The fraction of sp³-hybridized carbons (Fsp3) is 0.125. The van der Waals surface area contributed by atoms with Crippen molar-refractivity contribution in [1.82, 2.24) is 0 Å². The molecular weight excluding hydrogens is 238 g/mol. The van der Waals surface area contributed by atoms with Crippen LogP contribution in [0.1, 0.15) is 24.2 Å². The molecule has 0 fully saturated rings. The smallest absolute Gasteiger partial charge is 0.228 e. The van der Waals surface area contributed by atoms with E-state index in [4.69, 9.17) is 0 Å². The maximum atomic E-state index is 11.8.